The van der Waals surface area contributed by atoms with Crippen molar-refractivity contribution in [1.82, 2.24) is 9.97 Å². The molecular formula is C54H56N3OPt-. The molecule has 59 heavy (non-hydrogen) atoms. The Morgan fingerprint density at radius 3 is 1.73 bits per heavy atom. The van der Waals surface area contributed by atoms with Gasteiger partial charge in [-0.3, -0.25) is 4.98 Å². The molecule has 304 valence electrons. The fourth-order valence-electron chi connectivity index (χ4n) is 7.69. The monoisotopic (exact) mass is 957 g/mol. The maximum absolute atomic E-state index is 12.1. The Kier molecular flexibility index (Phi) is 12.6. The van der Waals surface area contributed by atoms with Gasteiger partial charge in [0, 0.05) is 49.8 Å². The van der Waals surface area contributed by atoms with Crippen LogP contribution in [0.2, 0.25) is 0 Å². The van der Waals surface area contributed by atoms with Crippen molar-refractivity contribution < 1.29 is 26.2 Å². The van der Waals surface area contributed by atoms with E-state index in [1.54, 1.807) is 0 Å². The zero-order valence-electron chi connectivity index (χ0n) is 36.0. The van der Waals surface area contributed by atoms with Crippen LogP contribution in [0.1, 0.15) is 91.5 Å². The molecule has 0 bridgehead atoms. The van der Waals surface area contributed by atoms with Crippen LogP contribution in [0.15, 0.2) is 146 Å². The summed E-state index contributed by atoms with van der Waals surface area (Å²) in [5.41, 5.74) is 12.2. The van der Waals surface area contributed by atoms with Crippen molar-refractivity contribution in [3.8, 4) is 50.5 Å². The van der Waals surface area contributed by atoms with E-state index in [9.17, 15) is 5.11 Å². The van der Waals surface area contributed by atoms with Crippen LogP contribution < -0.4 is 4.90 Å². The number of hydrogen-bond donors (Lipinski definition) is 1. The fraction of sp³-hybridized carbons (Fsp3) is 0.259. The maximum Gasteiger partial charge on any atom is 0.131 e. The Labute approximate surface area is 366 Å². The molecule has 0 saturated carbocycles. The average Bonchev–Trinajstić information content (AvgIpc) is 3.21. The van der Waals surface area contributed by atoms with Crippen LogP contribution in [0.5, 0.6) is 5.75 Å². The first-order valence-corrected chi connectivity index (χ1v) is 20.4. The Bertz CT molecular complexity index is 2520. The van der Waals surface area contributed by atoms with Crippen LogP contribution in [0, 0.1) is 6.07 Å². The smallest absolute Gasteiger partial charge is 0.131 e. The largest absolute Gasteiger partial charge is 0.507 e. The van der Waals surface area contributed by atoms with Gasteiger partial charge >= 0.3 is 0 Å². The van der Waals surface area contributed by atoms with Gasteiger partial charge in [-0.1, -0.05) is 164 Å². The van der Waals surface area contributed by atoms with Gasteiger partial charge in [0.2, 0.25) is 0 Å². The molecule has 5 aromatic carbocycles. The zero-order valence-corrected chi connectivity index (χ0v) is 38.3. The van der Waals surface area contributed by atoms with Crippen molar-refractivity contribution in [3.63, 3.8) is 0 Å². The van der Waals surface area contributed by atoms with Crippen LogP contribution in [0.25, 0.3) is 44.8 Å². The van der Waals surface area contributed by atoms with Crippen molar-refractivity contribution in [2.24, 2.45) is 0 Å². The molecule has 4 nitrogen and oxygen atoms in total. The van der Waals surface area contributed by atoms with Crippen LogP contribution in [0.4, 0.5) is 11.5 Å². The van der Waals surface area contributed by atoms with Gasteiger partial charge in [0.05, 0.1) is 5.69 Å². The van der Waals surface area contributed by atoms with Gasteiger partial charge in [0.15, 0.2) is 0 Å². The zero-order chi connectivity index (χ0) is 41.4. The standard InChI is InChI=1S/C54H56N3O.Pt/c1-36(2)57(50-23-17-18-28-55-50)45-30-39(38-24-26-43(27-25-38)54(9,10)42-21-15-12-16-22-42)29-41(31-45)48-32-40(37-19-13-11-14-20-37)33-49(56-48)46-34-44(52(3,4)5)35-47(51(46)58)53(6,7)8;/h11-30,32-36,58H,1-10H3;/q-1;. The summed E-state index contributed by atoms with van der Waals surface area (Å²) in [6.45, 7) is 22.0. The number of benzene rings is 5. The van der Waals surface area contributed by atoms with E-state index in [4.69, 9.17) is 9.97 Å². The number of hydrogen-bond acceptors (Lipinski definition) is 4. The summed E-state index contributed by atoms with van der Waals surface area (Å²) in [5.74, 6) is 1.12. The predicted octanol–water partition coefficient (Wildman–Crippen LogP) is 14.1. The van der Waals surface area contributed by atoms with Gasteiger partial charge in [0.25, 0.3) is 0 Å². The van der Waals surface area contributed by atoms with E-state index in [0.29, 0.717) is 5.69 Å². The van der Waals surface area contributed by atoms with E-state index in [0.717, 1.165) is 61.7 Å². The number of aromatic hydroxyl groups is 1. The molecule has 2 aromatic heterocycles. The summed E-state index contributed by atoms with van der Waals surface area (Å²) in [4.78, 5) is 12.4. The number of nitrogens with zero attached hydrogens (tertiary/aromatic N) is 3. The summed E-state index contributed by atoms with van der Waals surface area (Å²) in [7, 11) is 0. The van der Waals surface area contributed by atoms with E-state index < -0.39 is 0 Å². The molecule has 5 heteroatoms. The number of rotatable bonds is 9. The minimum atomic E-state index is -0.283. The van der Waals surface area contributed by atoms with Crippen molar-refractivity contribution in [2.75, 3.05) is 4.90 Å². The first-order valence-electron chi connectivity index (χ1n) is 20.4. The Balaban J connectivity index is 0.00000585. The molecule has 0 unspecified atom stereocenters. The van der Waals surface area contributed by atoms with E-state index >= 15 is 0 Å². The second-order valence-electron chi connectivity index (χ2n) is 18.3. The molecule has 7 rings (SSSR count). The quantitative estimate of drug-likeness (QED) is 0.147. The van der Waals surface area contributed by atoms with Gasteiger partial charge in [0.1, 0.15) is 11.6 Å². The van der Waals surface area contributed by atoms with Crippen molar-refractivity contribution in [2.45, 2.75) is 91.5 Å². The predicted molar refractivity (Wildman–Crippen MR) is 244 cm³/mol. The second kappa shape index (κ2) is 17.1. The van der Waals surface area contributed by atoms with Crippen molar-refractivity contribution in [1.29, 1.82) is 0 Å². The van der Waals surface area contributed by atoms with Gasteiger partial charge < -0.3 is 10.0 Å². The molecule has 7 aromatic rings. The number of anilines is 2. The summed E-state index contributed by atoms with van der Waals surface area (Å²) in [6, 6.07) is 52.9. The molecule has 0 aliphatic heterocycles. The molecule has 1 N–H and O–H groups in total. The van der Waals surface area contributed by atoms with Crippen molar-refractivity contribution in [3.05, 3.63) is 174 Å². The summed E-state index contributed by atoms with van der Waals surface area (Å²) < 4.78 is 0. The normalized spacial score (nSPS) is 12.0. The minimum Gasteiger partial charge on any atom is -0.507 e. The topological polar surface area (TPSA) is 49.2 Å². The number of phenols is 1. The minimum absolute atomic E-state index is 0. The van der Waals surface area contributed by atoms with Crippen LogP contribution in [-0.2, 0) is 37.3 Å². The molecule has 0 radical (unpaired) electrons. The first-order chi connectivity index (χ1) is 27.5. The van der Waals surface area contributed by atoms with E-state index in [2.05, 4.69) is 195 Å². The van der Waals surface area contributed by atoms with Gasteiger partial charge in [-0.15, -0.1) is 23.8 Å². The number of aromatic nitrogens is 2. The SMILES string of the molecule is CC(C)N(c1[c-]c(-c2cc(-c3ccccc3)cc(-c3cc(C(C)(C)C)cc(C(C)(C)C)c3O)n2)cc(-c2ccc(C(C)(C)c3ccccc3)cc2)c1)c1ccccn1.[Pt]. The van der Waals surface area contributed by atoms with Gasteiger partial charge in [-0.25, -0.2) is 4.98 Å². The van der Waals surface area contributed by atoms with Crippen LogP contribution >= 0.6 is 0 Å². The molecule has 2 heterocycles. The average molecular weight is 958 g/mol. The second-order valence-corrected chi connectivity index (χ2v) is 18.3. The van der Waals surface area contributed by atoms with E-state index in [-0.39, 0.29) is 49.1 Å². The van der Waals surface area contributed by atoms with Gasteiger partial charge in [-0.2, -0.15) is 0 Å². The molecule has 0 fully saturated rings. The third kappa shape index (κ3) is 9.29. The van der Waals surface area contributed by atoms with Crippen LogP contribution in [-0.4, -0.2) is 21.1 Å². The van der Waals surface area contributed by atoms with Crippen molar-refractivity contribution >= 4 is 11.5 Å². The summed E-state index contributed by atoms with van der Waals surface area (Å²) in [6.07, 6.45) is 1.84. The molecule has 0 spiro atoms. The number of phenolic OH excluding ortho intramolecular Hbond substituents is 1. The molecular weight excluding hydrogens is 902 g/mol. The molecule has 0 aliphatic carbocycles. The Morgan fingerprint density at radius 2 is 1.14 bits per heavy atom. The molecule has 0 amide bonds. The number of pyridine rings is 2. The van der Waals surface area contributed by atoms with E-state index in [1.165, 1.54) is 11.1 Å². The molecule has 0 saturated heterocycles. The van der Waals surface area contributed by atoms with Gasteiger partial charge in [-0.05, 0) is 93.7 Å². The maximum atomic E-state index is 12.1. The third-order valence-corrected chi connectivity index (χ3v) is 11.2. The Hall–Kier alpha value is -5.31. The molecule has 0 aliphatic rings. The Morgan fingerprint density at radius 1 is 0.559 bits per heavy atom. The van der Waals surface area contributed by atoms with Crippen LogP contribution in [0.3, 0.4) is 0 Å². The van der Waals surface area contributed by atoms with E-state index in [1.807, 2.05) is 30.5 Å². The summed E-state index contributed by atoms with van der Waals surface area (Å²) in [5, 5.41) is 12.1. The molecule has 0 atom stereocenters. The first kappa shape index (κ1) is 43.3. The third-order valence-electron chi connectivity index (χ3n) is 11.2. The summed E-state index contributed by atoms with van der Waals surface area (Å²) >= 11 is 0. The fourth-order valence-corrected chi connectivity index (χ4v) is 7.69.